The van der Waals surface area contributed by atoms with Gasteiger partial charge in [-0.25, -0.2) is 0 Å². The van der Waals surface area contributed by atoms with E-state index < -0.39 is 0 Å². The summed E-state index contributed by atoms with van der Waals surface area (Å²) in [5.74, 6) is 0.120. The number of ether oxygens (including phenoxy) is 1. The molecule has 1 fully saturated rings. The van der Waals surface area contributed by atoms with Crippen molar-refractivity contribution in [2.45, 2.75) is 58.6 Å². The van der Waals surface area contributed by atoms with E-state index in [4.69, 9.17) is 10.5 Å². The first-order valence-corrected chi connectivity index (χ1v) is 10.6. The molecule has 1 heterocycles. The molecule has 2 N–H and O–H groups in total. The summed E-state index contributed by atoms with van der Waals surface area (Å²) in [4.78, 5) is 17.6. The van der Waals surface area contributed by atoms with Crippen LogP contribution in [0.15, 0.2) is 12.1 Å². The smallest absolute Gasteiger partial charge is 0.254 e. The standard InChI is InChI=1S/C22H35N3O2/c1-4-11-25-12-13-27-21-18-15-19(22(26)24(5-2)6-3)17(9-10-23)14-16(18)7-8-20(21)25/h14-15,20-21H,4-13,23H2,1-3H3/t20-,21-/m1/s1. The molecule has 0 aromatic heterocycles. The van der Waals surface area contributed by atoms with Crippen molar-refractivity contribution in [1.82, 2.24) is 9.80 Å². The van der Waals surface area contributed by atoms with Gasteiger partial charge in [-0.2, -0.15) is 0 Å². The maximum Gasteiger partial charge on any atom is 0.254 e. The van der Waals surface area contributed by atoms with Crippen molar-refractivity contribution < 1.29 is 9.53 Å². The van der Waals surface area contributed by atoms with Crippen LogP contribution in [0.3, 0.4) is 0 Å². The van der Waals surface area contributed by atoms with E-state index in [1.807, 2.05) is 18.7 Å². The Bertz CT molecular complexity index is 655. The molecule has 1 aliphatic carbocycles. The quantitative estimate of drug-likeness (QED) is 0.798. The molecule has 1 aromatic carbocycles. The monoisotopic (exact) mass is 373 g/mol. The summed E-state index contributed by atoms with van der Waals surface area (Å²) in [6, 6.07) is 4.80. The number of hydrogen-bond acceptors (Lipinski definition) is 4. The second-order valence-corrected chi connectivity index (χ2v) is 7.66. The largest absolute Gasteiger partial charge is 0.371 e. The number of rotatable bonds is 7. The molecule has 3 rings (SSSR count). The molecule has 0 saturated carbocycles. The number of amides is 1. The summed E-state index contributed by atoms with van der Waals surface area (Å²) in [6.45, 7) is 11.2. The van der Waals surface area contributed by atoms with Crippen molar-refractivity contribution in [3.8, 4) is 0 Å². The zero-order valence-corrected chi connectivity index (χ0v) is 17.2. The third-order valence-corrected chi connectivity index (χ3v) is 6.08. The molecule has 0 spiro atoms. The zero-order chi connectivity index (χ0) is 19.4. The lowest BCUT2D eigenvalue weighted by molar-refractivity contribution is -0.0801. The van der Waals surface area contributed by atoms with Crippen molar-refractivity contribution >= 4 is 5.91 Å². The SMILES string of the molecule is CCCN1CCO[C@@H]2c3cc(C(=O)N(CC)CC)c(CCN)cc3CC[C@H]21. The van der Waals surface area contributed by atoms with Gasteiger partial charge in [-0.1, -0.05) is 13.0 Å². The minimum absolute atomic E-state index is 0.0872. The van der Waals surface area contributed by atoms with Crippen molar-refractivity contribution in [3.05, 3.63) is 34.4 Å². The Balaban J connectivity index is 1.99. The van der Waals surface area contributed by atoms with Crippen LogP contribution in [-0.2, 0) is 17.6 Å². The molecule has 5 heteroatoms. The van der Waals surface area contributed by atoms with Gasteiger partial charge in [0.05, 0.1) is 12.7 Å². The van der Waals surface area contributed by atoms with E-state index in [2.05, 4.69) is 24.0 Å². The van der Waals surface area contributed by atoms with E-state index in [1.54, 1.807) is 0 Å². The number of carbonyl (C=O) groups is 1. The molecule has 1 saturated heterocycles. The van der Waals surface area contributed by atoms with Crippen LogP contribution in [0.2, 0.25) is 0 Å². The van der Waals surface area contributed by atoms with Crippen LogP contribution in [0.25, 0.3) is 0 Å². The van der Waals surface area contributed by atoms with Crippen LogP contribution in [0.1, 0.15) is 66.8 Å². The average Bonchev–Trinajstić information content (AvgIpc) is 2.68. The number of hydrogen-bond donors (Lipinski definition) is 1. The highest BCUT2D eigenvalue weighted by Crippen LogP contribution is 2.39. The van der Waals surface area contributed by atoms with Gasteiger partial charge in [0.25, 0.3) is 5.91 Å². The molecule has 0 bridgehead atoms. The molecule has 1 amide bonds. The third kappa shape index (κ3) is 4.05. The first-order chi connectivity index (χ1) is 13.1. The summed E-state index contributed by atoms with van der Waals surface area (Å²) in [7, 11) is 0. The normalized spacial score (nSPS) is 22.2. The van der Waals surface area contributed by atoms with E-state index in [-0.39, 0.29) is 12.0 Å². The van der Waals surface area contributed by atoms with Crippen LogP contribution in [0.5, 0.6) is 0 Å². The van der Waals surface area contributed by atoms with Gasteiger partial charge in [-0.05, 0) is 75.4 Å². The fraction of sp³-hybridized carbons (Fsp3) is 0.682. The van der Waals surface area contributed by atoms with Crippen LogP contribution >= 0.6 is 0 Å². The van der Waals surface area contributed by atoms with E-state index in [0.29, 0.717) is 12.6 Å². The number of nitrogens with zero attached hydrogens (tertiary/aromatic N) is 2. The highest BCUT2D eigenvalue weighted by atomic mass is 16.5. The van der Waals surface area contributed by atoms with Gasteiger partial charge in [0.15, 0.2) is 0 Å². The lowest BCUT2D eigenvalue weighted by Gasteiger charge is -2.45. The fourth-order valence-corrected chi connectivity index (χ4v) is 4.70. The Kier molecular flexibility index (Phi) is 6.90. The predicted molar refractivity (Wildman–Crippen MR) is 109 cm³/mol. The highest BCUT2D eigenvalue weighted by Gasteiger charge is 2.37. The Labute approximate surface area is 163 Å². The third-order valence-electron chi connectivity index (χ3n) is 6.08. The molecule has 1 aromatic rings. The fourth-order valence-electron chi connectivity index (χ4n) is 4.70. The van der Waals surface area contributed by atoms with Crippen molar-refractivity contribution in [3.63, 3.8) is 0 Å². The van der Waals surface area contributed by atoms with Crippen LogP contribution in [-0.4, -0.2) is 61.1 Å². The molecule has 27 heavy (non-hydrogen) atoms. The van der Waals surface area contributed by atoms with E-state index in [9.17, 15) is 4.79 Å². The molecule has 0 unspecified atom stereocenters. The van der Waals surface area contributed by atoms with Gasteiger partial charge in [0, 0.05) is 31.2 Å². The van der Waals surface area contributed by atoms with Crippen LogP contribution in [0, 0.1) is 0 Å². The summed E-state index contributed by atoms with van der Waals surface area (Å²) in [5.41, 5.74) is 10.3. The summed E-state index contributed by atoms with van der Waals surface area (Å²) < 4.78 is 6.24. The first-order valence-electron chi connectivity index (χ1n) is 10.6. The maximum atomic E-state index is 13.1. The number of aryl methyl sites for hydroxylation is 1. The number of morpholine rings is 1. The summed E-state index contributed by atoms with van der Waals surface area (Å²) in [6.07, 6.45) is 4.17. The molecule has 5 nitrogen and oxygen atoms in total. The van der Waals surface area contributed by atoms with Crippen LogP contribution in [0.4, 0.5) is 0 Å². The molecule has 150 valence electrons. The second kappa shape index (κ2) is 9.18. The number of benzene rings is 1. The van der Waals surface area contributed by atoms with Crippen molar-refractivity contribution in [1.29, 1.82) is 0 Å². The van der Waals surface area contributed by atoms with Gasteiger partial charge >= 0.3 is 0 Å². The molecule has 1 aliphatic heterocycles. The molecular weight excluding hydrogens is 338 g/mol. The molecule has 0 radical (unpaired) electrons. The lowest BCUT2D eigenvalue weighted by atomic mass is 9.81. The highest BCUT2D eigenvalue weighted by molar-refractivity contribution is 5.96. The van der Waals surface area contributed by atoms with E-state index >= 15 is 0 Å². The van der Waals surface area contributed by atoms with Crippen LogP contribution < -0.4 is 5.73 Å². The van der Waals surface area contributed by atoms with Gasteiger partial charge in [-0.3, -0.25) is 9.69 Å². The Morgan fingerprint density at radius 2 is 2.07 bits per heavy atom. The lowest BCUT2D eigenvalue weighted by Crippen LogP contribution is -2.49. The number of carbonyl (C=O) groups excluding carboxylic acids is 1. The van der Waals surface area contributed by atoms with Gasteiger partial charge in [-0.15, -0.1) is 0 Å². The Hall–Kier alpha value is -1.43. The first kappa shape index (κ1) is 20.3. The Morgan fingerprint density at radius 3 is 2.74 bits per heavy atom. The minimum Gasteiger partial charge on any atom is -0.371 e. The van der Waals surface area contributed by atoms with Crippen molar-refractivity contribution in [2.75, 3.05) is 39.3 Å². The maximum absolute atomic E-state index is 13.1. The van der Waals surface area contributed by atoms with E-state index in [0.717, 1.165) is 69.6 Å². The number of nitrogens with two attached hydrogens (primary N) is 1. The van der Waals surface area contributed by atoms with Gasteiger partial charge in [0.1, 0.15) is 0 Å². The van der Waals surface area contributed by atoms with Gasteiger partial charge in [0.2, 0.25) is 0 Å². The average molecular weight is 374 g/mol. The summed E-state index contributed by atoms with van der Waals surface area (Å²) >= 11 is 0. The zero-order valence-electron chi connectivity index (χ0n) is 17.2. The molecular formula is C22H35N3O2. The second-order valence-electron chi connectivity index (χ2n) is 7.66. The predicted octanol–water partition coefficient (Wildman–Crippen LogP) is 2.77. The summed E-state index contributed by atoms with van der Waals surface area (Å²) in [5, 5.41) is 0. The van der Waals surface area contributed by atoms with E-state index in [1.165, 1.54) is 11.1 Å². The molecule has 2 atom stereocenters. The Morgan fingerprint density at radius 1 is 1.30 bits per heavy atom. The minimum atomic E-state index is 0.0872. The topological polar surface area (TPSA) is 58.8 Å². The number of fused-ring (bicyclic) bond motifs is 3. The van der Waals surface area contributed by atoms with Crippen molar-refractivity contribution in [2.24, 2.45) is 5.73 Å². The molecule has 2 aliphatic rings. The van der Waals surface area contributed by atoms with Gasteiger partial charge < -0.3 is 15.4 Å².